The van der Waals surface area contributed by atoms with E-state index in [4.69, 9.17) is 9.47 Å². The summed E-state index contributed by atoms with van der Waals surface area (Å²) in [6.45, 7) is 3.88. The Morgan fingerprint density at radius 1 is 0.600 bits per heavy atom. The third-order valence-corrected chi connectivity index (χ3v) is 8.42. The molecular formula is C32H61N2NaO9S. The molecule has 3 N–H and O–H groups in total. The van der Waals surface area contributed by atoms with Crippen LogP contribution >= 0.6 is 0 Å². The van der Waals surface area contributed by atoms with E-state index in [0.29, 0.717) is 12.8 Å². The number of unbranched alkanes of at least 4 members (excludes halogenated alkanes) is 16. The van der Waals surface area contributed by atoms with Gasteiger partial charge in [-0.3, -0.25) is 23.7 Å². The Labute approximate surface area is 294 Å². The van der Waals surface area contributed by atoms with E-state index in [1.807, 2.05) is 0 Å². The molecule has 0 fully saturated rings. The molecule has 0 aromatic heterocycles. The summed E-state index contributed by atoms with van der Waals surface area (Å²) in [5.41, 5.74) is 0. The summed E-state index contributed by atoms with van der Waals surface area (Å²) in [6, 6.07) is 0. The maximum absolute atomic E-state index is 12.2. The first-order valence-corrected chi connectivity index (χ1v) is 18.4. The van der Waals surface area contributed by atoms with E-state index in [2.05, 4.69) is 24.5 Å². The molecule has 11 nitrogen and oxygen atoms in total. The van der Waals surface area contributed by atoms with Gasteiger partial charge in [0, 0.05) is 12.8 Å². The van der Waals surface area contributed by atoms with E-state index in [1.54, 1.807) is 0 Å². The van der Waals surface area contributed by atoms with Gasteiger partial charge in [-0.1, -0.05) is 117 Å². The van der Waals surface area contributed by atoms with Crippen molar-refractivity contribution in [3.8, 4) is 0 Å². The molecule has 2 amide bonds. The topological polar surface area (TPSA) is 165 Å². The fourth-order valence-corrected chi connectivity index (χ4v) is 5.34. The van der Waals surface area contributed by atoms with Crippen LogP contribution in [0.25, 0.3) is 0 Å². The summed E-state index contributed by atoms with van der Waals surface area (Å²) >= 11 is 0. The first kappa shape index (κ1) is 45.9. The van der Waals surface area contributed by atoms with Gasteiger partial charge in [0.2, 0.25) is 11.8 Å². The van der Waals surface area contributed by atoms with Crippen LogP contribution in [0.5, 0.6) is 0 Å². The molecule has 0 spiro atoms. The molecule has 0 radical (unpaired) electrons. The van der Waals surface area contributed by atoms with E-state index in [-0.39, 0.29) is 67.7 Å². The van der Waals surface area contributed by atoms with Gasteiger partial charge < -0.3 is 20.1 Å². The molecule has 0 aliphatic carbocycles. The molecule has 0 saturated heterocycles. The van der Waals surface area contributed by atoms with Crippen molar-refractivity contribution >= 4 is 63.4 Å². The van der Waals surface area contributed by atoms with E-state index in [0.717, 1.165) is 38.5 Å². The number of amides is 2. The van der Waals surface area contributed by atoms with Gasteiger partial charge in [-0.05, 0) is 12.8 Å². The van der Waals surface area contributed by atoms with Crippen molar-refractivity contribution in [2.24, 2.45) is 0 Å². The SMILES string of the molecule is CCCCCCCCCCCC(=O)NCCOC(=O)CC(C(=O)OCCNC(=O)CCCCCCCCCCC)S(=O)(=O)O.[NaH]. The molecule has 1 unspecified atom stereocenters. The van der Waals surface area contributed by atoms with Crippen molar-refractivity contribution in [1.82, 2.24) is 10.6 Å². The molecule has 0 bridgehead atoms. The average molecular weight is 673 g/mol. The second kappa shape index (κ2) is 31.4. The molecule has 0 aliphatic rings. The molecule has 0 aliphatic heterocycles. The predicted octanol–water partition coefficient (Wildman–Crippen LogP) is 5.15. The van der Waals surface area contributed by atoms with Crippen LogP contribution in [0.3, 0.4) is 0 Å². The van der Waals surface area contributed by atoms with E-state index >= 15 is 0 Å². The Morgan fingerprint density at radius 2 is 0.956 bits per heavy atom. The number of rotatable bonds is 30. The quantitative estimate of drug-likeness (QED) is 0.0405. The predicted molar refractivity (Wildman–Crippen MR) is 179 cm³/mol. The third kappa shape index (κ3) is 29.9. The van der Waals surface area contributed by atoms with Crippen molar-refractivity contribution in [2.45, 2.75) is 154 Å². The van der Waals surface area contributed by atoms with Crippen LogP contribution < -0.4 is 10.6 Å². The van der Waals surface area contributed by atoms with Crippen LogP contribution in [0.2, 0.25) is 0 Å². The Morgan fingerprint density at radius 3 is 1.33 bits per heavy atom. The number of hydrogen-bond acceptors (Lipinski definition) is 8. The Balaban J connectivity index is 0. The van der Waals surface area contributed by atoms with E-state index < -0.39 is 33.7 Å². The number of hydrogen-bond donors (Lipinski definition) is 3. The Kier molecular flexibility index (Phi) is 32.0. The van der Waals surface area contributed by atoms with Gasteiger partial charge in [0.25, 0.3) is 10.1 Å². The van der Waals surface area contributed by atoms with Gasteiger partial charge in [0.1, 0.15) is 13.2 Å². The Bertz CT molecular complexity index is 888. The number of carbonyl (C=O) groups excluding carboxylic acids is 4. The summed E-state index contributed by atoms with van der Waals surface area (Å²) in [6.07, 6.45) is 20.4. The van der Waals surface area contributed by atoms with Crippen molar-refractivity contribution in [2.75, 3.05) is 26.3 Å². The monoisotopic (exact) mass is 672 g/mol. The third-order valence-electron chi connectivity index (χ3n) is 7.35. The van der Waals surface area contributed by atoms with Crippen molar-refractivity contribution < 1.29 is 41.6 Å². The summed E-state index contributed by atoms with van der Waals surface area (Å²) in [5, 5.41) is 3.09. The molecule has 260 valence electrons. The number of carbonyl (C=O) groups is 4. The Hall–Kier alpha value is -1.21. The van der Waals surface area contributed by atoms with Gasteiger partial charge in [-0.15, -0.1) is 0 Å². The first-order chi connectivity index (χ1) is 21.1. The van der Waals surface area contributed by atoms with Crippen LogP contribution in [0.4, 0.5) is 0 Å². The summed E-state index contributed by atoms with van der Waals surface area (Å²) in [4.78, 5) is 48.2. The molecule has 45 heavy (non-hydrogen) atoms. The van der Waals surface area contributed by atoms with Gasteiger partial charge in [-0.2, -0.15) is 8.42 Å². The number of esters is 2. The first-order valence-electron chi connectivity index (χ1n) is 16.9. The van der Waals surface area contributed by atoms with Gasteiger partial charge in [0.05, 0.1) is 19.5 Å². The van der Waals surface area contributed by atoms with E-state index in [9.17, 15) is 32.1 Å². The van der Waals surface area contributed by atoms with Gasteiger partial charge in [-0.25, -0.2) is 0 Å². The van der Waals surface area contributed by atoms with Crippen molar-refractivity contribution in [1.29, 1.82) is 0 Å². The fraction of sp³-hybridized carbons (Fsp3) is 0.875. The molecule has 0 saturated carbocycles. The summed E-state index contributed by atoms with van der Waals surface area (Å²) in [7, 11) is -4.94. The van der Waals surface area contributed by atoms with Gasteiger partial charge >= 0.3 is 41.5 Å². The van der Waals surface area contributed by atoms with Crippen LogP contribution in [0, 0.1) is 0 Å². The fourth-order valence-electron chi connectivity index (χ4n) is 4.68. The van der Waals surface area contributed by atoms with Crippen LogP contribution in [-0.2, 0) is 38.8 Å². The molecule has 13 heteroatoms. The molecule has 1 atom stereocenters. The van der Waals surface area contributed by atoms with Crippen molar-refractivity contribution in [3.63, 3.8) is 0 Å². The molecule has 0 heterocycles. The molecule has 0 aromatic carbocycles. The second-order valence-electron chi connectivity index (χ2n) is 11.5. The van der Waals surface area contributed by atoms with E-state index in [1.165, 1.54) is 77.0 Å². The zero-order valence-electron chi connectivity index (χ0n) is 27.4. The standard InChI is InChI=1S/C32H60N2O9S.Na.H/c1-3-5-7-9-11-13-15-17-19-21-29(35)33-23-25-42-31(37)27-28(44(39,40)41)32(38)43-26-24-34-30(36)22-20-18-16-14-12-10-8-6-4-2;;/h28H,3-27H2,1-2H3,(H,33,35)(H,34,36)(H,39,40,41);;. The van der Waals surface area contributed by atoms with Crippen molar-refractivity contribution in [3.05, 3.63) is 0 Å². The average Bonchev–Trinajstić information content (AvgIpc) is 2.98. The number of ether oxygens (including phenoxy) is 2. The molecular weight excluding hydrogens is 611 g/mol. The summed E-state index contributed by atoms with van der Waals surface area (Å²) < 4.78 is 42.5. The number of nitrogens with one attached hydrogen (secondary N) is 2. The zero-order valence-corrected chi connectivity index (χ0v) is 28.2. The second-order valence-corrected chi connectivity index (χ2v) is 13.1. The normalized spacial score (nSPS) is 11.7. The van der Waals surface area contributed by atoms with Crippen LogP contribution in [0.1, 0.15) is 149 Å². The zero-order chi connectivity index (χ0) is 32.9. The van der Waals surface area contributed by atoms with Gasteiger partial charge in [0.15, 0.2) is 5.25 Å². The van der Waals surface area contributed by atoms with Crippen LogP contribution in [0.15, 0.2) is 0 Å². The molecule has 0 rings (SSSR count). The minimum atomic E-state index is -4.94. The maximum atomic E-state index is 12.2. The summed E-state index contributed by atoms with van der Waals surface area (Å²) in [5.74, 6) is -2.71. The minimum absolute atomic E-state index is 0. The molecule has 0 aromatic rings. The van der Waals surface area contributed by atoms with Crippen LogP contribution in [-0.4, -0.2) is 97.8 Å².